The fourth-order valence-corrected chi connectivity index (χ4v) is 6.41. The number of amides is 1. The molecule has 0 aromatic rings. The van der Waals surface area contributed by atoms with Crippen molar-refractivity contribution < 1.29 is 14.3 Å². The van der Waals surface area contributed by atoms with E-state index < -0.39 is 0 Å². The quantitative estimate of drug-likeness (QED) is 0.141. The molecule has 3 fully saturated rings. The Kier molecular flexibility index (Phi) is 13.7. The van der Waals surface area contributed by atoms with Gasteiger partial charge in [0.25, 0.3) is 0 Å². The highest BCUT2D eigenvalue weighted by atomic mass is 16.5. The monoisotopic (exact) mass is 504 g/mol. The van der Waals surface area contributed by atoms with Crippen LogP contribution in [0.4, 0.5) is 0 Å². The van der Waals surface area contributed by atoms with Crippen LogP contribution in [-0.4, -0.2) is 67.7 Å². The molecule has 0 saturated carbocycles. The molecule has 5 nitrogen and oxygen atoms in total. The zero-order valence-corrected chi connectivity index (χ0v) is 23.7. The molecular weight excluding hydrogens is 448 g/mol. The predicted molar refractivity (Wildman–Crippen MR) is 149 cm³/mol. The standard InChI is InChI=1S/C31H56N2O3/c1-4-5-6-7-8-9-10-11-12-13-14-15-16-17-18-25-35-26(2)29-27-19-20-28(36-27)30(29)31(34)33-23-21-32(3)22-24-33/h27-30H,2,4-25H2,1,3H3. The van der Waals surface area contributed by atoms with Crippen molar-refractivity contribution in [3.63, 3.8) is 0 Å². The van der Waals surface area contributed by atoms with Crippen LogP contribution >= 0.6 is 0 Å². The number of nitrogens with zero attached hydrogens (tertiary/aromatic N) is 2. The lowest BCUT2D eigenvalue weighted by atomic mass is 9.77. The van der Waals surface area contributed by atoms with Crippen LogP contribution in [0.3, 0.4) is 0 Å². The Bertz CT molecular complexity index is 631. The number of hydrogen-bond acceptors (Lipinski definition) is 4. The number of likely N-dealkylation sites (N-methyl/N-ethyl adjacent to an activating group) is 1. The van der Waals surface area contributed by atoms with Crippen LogP contribution in [0.5, 0.6) is 0 Å². The van der Waals surface area contributed by atoms with Crippen molar-refractivity contribution in [1.29, 1.82) is 0 Å². The maximum Gasteiger partial charge on any atom is 0.229 e. The molecule has 0 aromatic carbocycles. The summed E-state index contributed by atoms with van der Waals surface area (Å²) in [6, 6.07) is 0. The summed E-state index contributed by atoms with van der Waals surface area (Å²) in [6.07, 6.45) is 22.7. The van der Waals surface area contributed by atoms with Crippen molar-refractivity contribution in [3.05, 3.63) is 12.3 Å². The minimum Gasteiger partial charge on any atom is -0.498 e. The summed E-state index contributed by atoms with van der Waals surface area (Å²) in [6.45, 7) is 10.8. The number of hydrogen-bond donors (Lipinski definition) is 0. The molecule has 36 heavy (non-hydrogen) atoms. The second-order valence-corrected chi connectivity index (χ2v) is 11.7. The van der Waals surface area contributed by atoms with E-state index in [1.165, 1.54) is 89.9 Å². The molecule has 3 aliphatic rings. The third-order valence-corrected chi connectivity index (χ3v) is 8.78. The first-order valence-corrected chi connectivity index (χ1v) is 15.6. The van der Waals surface area contributed by atoms with Gasteiger partial charge >= 0.3 is 0 Å². The first kappa shape index (κ1) is 29.5. The van der Waals surface area contributed by atoms with Gasteiger partial charge in [0.1, 0.15) is 0 Å². The molecule has 0 spiro atoms. The summed E-state index contributed by atoms with van der Waals surface area (Å²) >= 11 is 0. The molecule has 1 amide bonds. The smallest absolute Gasteiger partial charge is 0.229 e. The van der Waals surface area contributed by atoms with Gasteiger partial charge in [-0.3, -0.25) is 4.79 Å². The van der Waals surface area contributed by atoms with E-state index in [0.717, 1.165) is 57.8 Å². The fourth-order valence-electron chi connectivity index (χ4n) is 6.41. The van der Waals surface area contributed by atoms with Gasteiger partial charge in [-0.15, -0.1) is 0 Å². The Hall–Kier alpha value is -1.07. The van der Waals surface area contributed by atoms with Crippen molar-refractivity contribution in [3.8, 4) is 0 Å². The molecule has 3 rings (SSSR count). The van der Waals surface area contributed by atoms with E-state index in [-0.39, 0.29) is 30.0 Å². The molecule has 208 valence electrons. The van der Waals surface area contributed by atoms with E-state index in [0.29, 0.717) is 0 Å². The SMILES string of the molecule is C=C(OCCCCCCCCCCCCCCCCC)C1C2CCC(O2)C1C(=O)N1CCN(C)CC1. The maximum absolute atomic E-state index is 13.4. The third kappa shape index (κ3) is 9.35. The highest BCUT2D eigenvalue weighted by molar-refractivity contribution is 5.81. The molecule has 0 aromatic heterocycles. The highest BCUT2D eigenvalue weighted by Crippen LogP contribution is 2.47. The first-order chi connectivity index (χ1) is 17.6. The van der Waals surface area contributed by atoms with Gasteiger partial charge in [-0.25, -0.2) is 0 Å². The van der Waals surface area contributed by atoms with Crippen LogP contribution in [-0.2, 0) is 14.3 Å². The van der Waals surface area contributed by atoms with Crippen LogP contribution in [0.1, 0.15) is 116 Å². The zero-order valence-electron chi connectivity index (χ0n) is 23.7. The first-order valence-electron chi connectivity index (χ1n) is 15.6. The number of unbranched alkanes of at least 4 members (excludes halogenated alkanes) is 14. The lowest BCUT2D eigenvalue weighted by molar-refractivity contribution is -0.140. The average molecular weight is 505 g/mol. The zero-order chi connectivity index (χ0) is 25.6. The van der Waals surface area contributed by atoms with E-state index in [1.807, 2.05) is 4.90 Å². The van der Waals surface area contributed by atoms with Gasteiger partial charge in [0.05, 0.1) is 36.4 Å². The number of rotatable bonds is 19. The Labute approximate surface area is 222 Å². The molecule has 3 saturated heterocycles. The van der Waals surface area contributed by atoms with Gasteiger partial charge in [0.2, 0.25) is 5.91 Å². The van der Waals surface area contributed by atoms with Crippen LogP contribution in [0.2, 0.25) is 0 Å². The van der Waals surface area contributed by atoms with Gasteiger partial charge in [0, 0.05) is 26.2 Å². The van der Waals surface area contributed by atoms with Gasteiger partial charge in [0.15, 0.2) is 0 Å². The molecule has 2 bridgehead atoms. The highest BCUT2D eigenvalue weighted by Gasteiger charge is 2.54. The summed E-state index contributed by atoms with van der Waals surface area (Å²) in [5.74, 6) is 0.991. The molecular formula is C31H56N2O3. The topological polar surface area (TPSA) is 42.0 Å². The average Bonchev–Trinajstić information content (AvgIpc) is 3.50. The molecule has 5 heteroatoms. The van der Waals surface area contributed by atoms with Crippen LogP contribution in [0.25, 0.3) is 0 Å². The van der Waals surface area contributed by atoms with Gasteiger partial charge < -0.3 is 19.3 Å². The second kappa shape index (κ2) is 16.7. The lowest BCUT2D eigenvalue weighted by Crippen LogP contribution is -2.51. The Morgan fingerprint density at radius 3 is 1.75 bits per heavy atom. The molecule has 4 unspecified atom stereocenters. The minimum absolute atomic E-state index is 0.0345. The molecule has 3 heterocycles. The molecule has 0 radical (unpaired) electrons. The summed E-state index contributed by atoms with van der Waals surface area (Å²) in [5.41, 5.74) is 0. The van der Waals surface area contributed by atoms with E-state index >= 15 is 0 Å². The summed E-state index contributed by atoms with van der Waals surface area (Å²) in [7, 11) is 2.12. The normalized spacial score (nSPS) is 26.0. The number of carbonyl (C=O) groups excluding carboxylic acids is 1. The molecule has 0 N–H and O–H groups in total. The fraction of sp³-hybridized carbons (Fsp3) is 0.903. The van der Waals surface area contributed by atoms with Crippen molar-refractivity contribution in [2.75, 3.05) is 39.8 Å². The number of carbonyl (C=O) groups is 1. The van der Waals surface area contributed by atoms with Crippen LogP contribution in [0, 0.1) is 11.8 Å². The summed E-state index contributed by atoms with van der Waals surface area (Å²) in [5, 5.41) is 0. The number of ether oxygens (including phenoxy) is 2. The number of fused-ring (bicyclic) bond motifs is 2. The van der Waals surface area contributed by atoms with Crippen molar-refractivity contribution in [2.24, 2.45) is 11.8 Å². The van der Waals surface area contributed by atoms with Crippen molar-refractivity contribution >= 4 is 5.91 Å². The maximum atomic E-state index is 13.4. The predicted octanol–water partition coefficient (Wildman–Crippen LogP) is 6.96. The van der Waals surface area contributed by atoms with Crippen molar-refractivity contribution in [1.82, 2.24) is 9.80 Å². The van der Waals surface area contributed by atoms with Crippen molar-refractivity contribution in [2.45, 2.75) is 128 Å². The molecule has 0 aliphatic carbocycles. The second-order valence-electron chi connectivity index (χ2n) is 11.7. The van der Waals surface area contributed by atoms with Gasteiger partial charge in [-0.05, 0) is 26.3 Å². The summed E-state index contributed by atoms with van der Waals surface area (Å²) in [4.78, 5) is 17.7. The summed E-state index contributed by atoms with van der Waals surface area (Å²) < 4.78 is 12.3. The Balaban J connectivity index is 1.20. The third-order valence-electron chi connectivity index (χ3n) is 8.78. The van der Waals surface area contributed by atoms with E-state index in [2.05, 4.69) is 25.5 Å². The lowest BCUT2D eigenvalue weighted by Gasteiger charge is -2.37. The van der Waals surface area contributed by atoms with E-state index in [4.69, 9.17) is 9.47 Å². The van der Waals surface area contributed by atoms with Crippen LogP contribution in [0.15, 0.2) is 12.3 Å². The van der Waals surface area contributed by atoms with E-state index in [1.54, 1.807) is 0 Å². The molecule has 4 atom stereocenters. The Morgan fingerprint density at radius 2 is 1.22 bits per heavy atom. The van der Waals surface area contributed by atoms with Gasteiger partial charge in [-0.1, -0.05) is 103 Å². The Morgan fingerprint density at radius 1 is 0.750 bits per heavy atom. The van der Waals surface area contributed by atoms with Crippen LogP contribution < -0.4 is 0 Å². The largest absolute Gasteiger partial charge is 0.498 e. The number of piperazine rings is 1. The minimum atomic E-state index is -0.0966. The van der Waals surface area contributed by atoms with E-state index in [9.17, 15) is 4.79 Å². The molecule has 3 aliphatic heterocycles. The van der Waals surface area contributed by atoms with Gasteiger partial charge in [-0.2, -0.15) is 0 Å².